The largest absolute Gasteiger partial charge is 0.391 e. The number of nitrogens with one attached hydrogen (secondary N) is 1. The van der Waals surface area contributed by atoms with E-state index in [1.165, 1.54) is 18.7 Å². The fourth-order valence-corrected chi connectivity index (χ4v) is 4.74. The summed E-state index contributed by atoms with van der Waals surface area (Å²) in [5.41, 5.74) is 0. The third-order valence-corrected chi connectivity index (χ3v) is 6.31. The van der Waals surface area contributed by atoms with Crippen LogP contribution >= 0.6 is 23.4 Å². The molecule has 1 aromatic carbocycles. The Balaban J connectivity index is 1.52. The Morgan fingerprint density at radius 1 is 1.24 bits per heavy atom. The normalized spacial score (nSPS) is 28.5. The number of carbonyl (C=O) groups is 2. The molecule has 1 saturated heterocycles. The van der Waals surface area contributed by atoms with Gasteiger partial charge in [0.15, 0.2) is 0 Å². The van der Waals surface area contributed by atoms with Gasteiger partial charge in [-0.1, -0.05) is 11.6 Å². The van der Waals surface area contributed by atoms with Crippen LogP contribution in [0, 0.1) is 11.8 Å². The molecule has 0 aromatic heterocycles. The predicted octanol–water partition coefficient (Wildman–Crippen LogP) is 2.17. The van der Waals surface area contributed by atoms with Gasteiger partial charge in [-0.3, -0.25) is 9.59 Å². The number of hydrogen-bond donors (Lipinski definition) is 2. The highest BCUT2D eigenvalue weighted by atomic mass is 35.5. The fraction of sp³-hybridized carbons (Fsp3) is 0.556. The first-order chi connectivity index (χ1) is 11.9. The second-order valence-electron chi connectivity index (χ2n) is 6.91. The molecule has 1 aromatic rings. The quantitative estimate of drug-likeness (QED) is 0.783. The van der Waals surface area contributed by atoms with Gasteiger partial charge in [0.1, 0.15) is 0 Å². The van der Waals surface area contributed by atoms with Gasteiger partial charge >= 0.3 is 0 Å². The van der Waals surface area contributed by atoms with Gasteiger partial charge in [-0.15, -0.1) is 11.8 Å². The summed E-state index contributed by atoms with van der Waals surface area (Å²) in [5, 5.41) is 13.7. The number of amides is 2. The van der Waals surface area contributed by atoms with Crippen molar-refractivity contribution in [2.45, 2.75) is 36.8 Å². The van der Waals surface area contributed by atoms with Crippen molar-refractivity contribution in [3.63, 3.8) is 0 Å². The first kappa shape index (κ1) is 18.5. The molecule has 1 saturated carbocycles. The third kappa shape index (κ3) is 4.68. The standard InChI is InChI=1S/C18H23ClN2O3S/c1-11(22)20-16-6-12-8-21(9-13(12)7-17(16)23)18(24)10-25-15-4-2-14(19)3-5-15/h2-5,12-13,16-17,23H,6-10H2,1H3,(H,20,22)/t12-,13+,16-,17-/m1/s1. The summed E-state index contributed by atoms with van der Waals surface area (Å²) < 4.78 is 0. The highest BCUT2D eigenvalue weighted by Gasteiger charge is 2.43. The number of fused-ring (bicyclic) bond motifs is 1. The molecule has 25 heavy (non-hydrogen) atoms. The topological polar surface area (TPSA) is 69.6 Å². The summed E-state index contributed by atoms with van der Waals surface area (Å²) in [6.07, 6.45) is 0.854. The average molecular weight is 383 g/mol. The Morgan fingerprint density at radius 2 is 1.88 bits per heavy atom. The van der Waals surface area contributed by atoms with E-state index in [9.17, 15) is 14.7 Å². The van der Waals surface area contributed by atoms with Crippen LogP contribution in [0.4, 0.5) is 0 Å². The molecule has 2 fully saturated rings. The van der Waals surface area contributed by atoms with Crippen LogP contribution in [0.15, 0.2) is 29.2 Å². The van der Waals surface area contributed by atoms with Crippen LogP contribution in [-0.2, 0) is 9.59 Å². The Labute approximate surface area is 157 Å². The maximum atomic E-state index is 12.5. The third-order valence-electron chi connectivity index (χ3n) is 5.06. The lowest BCUT2D eigenvalue weighted by molar-refractivity contribution is -0.127. The Morgan fingerprint density at radius 3 is 2.52 bits per heavy atom. The minimum absolute atomic E-state index is 0.118. The van der Waals surface area contributed by atoms with Crippen LogP contribution in [0.2, 0.25) is 5.02 Å². The van der Waals surface area contributed by atoms with Crippen LogP contribution in [0.1, 0.15) is 19.8 Å². The lowest BCUT2D eigenvalue weighted by Gasteiger charge is -2.35. The Hall–Kier alpha value is -1.24. The molecule has 2 N–H and O–H groups in total. The number of carbonyl (C=O) groups excluding carboxylic acids is 2. The van der Waals surface area contributed by atoms with Crippen molar-refractivity contribution in [2.75, 3.05) is 18.8 Å². The Bertz CT molecular complexity index is 640. The van der Waals surface area contributed by atoms with E-state index in [0.717, 1.165) is 11.3 Å². The minimum Gasteiger partial charge on any atom is -0.391 e. The van der Waals surface area contributed by atoms with E-state index in [-0.39, 0.29) is 17.9 Å². The number of nitrogens with zero attached hydrogens (tertiary/aromatic N) is 1. The van der Waals surface area contributed by atoms with Gasteiger partial charge in [-0.05, 0) is 48.9 Å². The molecule has 0 unspecified atom stereocenters. The van der Waals surface area contributed by atoms with Crippen LogP contribution in [0.5, 0.6) is 0 Å². The average Bonchev–Trinajstić information content (AvgIpc) is 2.96. The number of likely N-dealkylation sites (tertiary alicyclic amines) is 1. The maximum Gasteiger partial charge on any atom is 0.232 e. The zero-order chi connectivity index (χ0) is 18.0. The highest BCUT2D eigenvalue weighted by Crippen LogP contribution is 2.37. The van der Waals surface area contributed by atoms with Crippen molar-refractivity contribution in [2.24, 2.45) is 11.8 Å². The van der Waals surface area contributed by atoms with Gasteiger partial charge in [0.25, 0.3) is 0 Å². The molecule has 136 valence electrons. The summed E-state index contributed by atoms with van der Waals surface area (Å²) >= 11 is 7.38. The van der Waals surface area contributed by atoms with Gasteiger partial charge in [-0.2, -0.15) is 0 Å². The molecule has 1 heterocycles. The molecule has 2 amide bonds. The van der Waals surface area contributed by atoms with E-state index < -0.39 is 6.10 Å². The fourth-order valence-electron chi connectivity index (χ4n) is 3.82. The summed E-state index contributed by atoms with van der Waals surface area (Å²) in [6.45, 7) is 2.89. The molecule has 4 atom stereocenters. The van der Waals surface area contributed by atoms with E-state index >= 15 is 0 Å². The molecule has 7 heteroatoms. The van der Waals surface area contributed by atoms with Crippen molar-refractivity contribution in [3.8, 4) is 0 Å². The lowest BCUT2D eigenvalue weighted by atomic mass is 9.77. The molecule has 1 aliphatic heterocycles. The van der Waals surface area contributed by atoms with Crippen molar-refractivity contribution < 1.29 is 14.7 Å². The molecule has 2 aliphatic rings. The summed E-state index contributed by atoms with van der Waals surface area (Å²) in [6, 6.07) is 7.28. The number of rotatable bonds is 4. The highest BCUT2D eigenvalue weighted by molar-refractivity contribution is 8.00. The van der Waals surface area contributed by atoms with Crippen molar-refractivity contribution in [3.05, 3.63) is 29.3 Å². The molecule has 3 rings (SSSR count). The van der Waals surface area contributed by atoms with Gasteiger partial charge in [0.2, 0.25) is 11.8 Å². The van der Waals surface area contributed by atoms with Gasteiger partial charge in [0.05, 0.1) is 17.9 Å². The summed E-state index contributed by atoms with van der Waals surface area (Å²) in [7, 11) is 0. The van der Waals surface area contributed by atoms with Crippen molar-refractivity contribution in [1.82, 2.24) is 10.2 Å². The van der Waals surface area contributed by atoms with E-state index in [0.29, 0.717) is 42.1 Å². The van der Waals surface area contributed by atoms with Gasteiger partial charge < -0.3 is 15.3 Å². The number of benzene rings is 1. The number of aliphatic hydroxyl groups is 1. The van der Waals surface area contributed by atoms with E-state index in [1.807, 2.05) is 29.2 Å². The van der Waals surface area contributed by atoms with Crippen LogP contribution in [-0.4, -0.2) is 52.8 Å². The maximum absolute atomic E-state index is 12.5. The van der Waals surface area contributed by atoms with E-state index in [4.69, 9.17) is 11.6 Å². The van der Waals surface area contributed by atoms with Gasteiger partial charge in [-0.25, -0.2) is 0 Å². The van der Waals surface area contributed by atoms with E-state index in [1.54, 1.807) is 0 Å². The predicted molar refractivity (Wildman–Crippen MR) is 98.6 cm³/mol. The van der Waals surface area contributed by atoms with Crippen LogP contribution < -0.4 is 5.32 Å². The second kappa shape index (κ2) is 7.98. The smallest absolute Gasteiger partial charge is 0.232 e. The zero-order valence-corrected chi connectivity index (χ0v) is 15.7. The number of aliphatic hydroxyl groups excluding tert-OH is 1. The van der Waals surface area contributed by atoms with Crippen molar-refractivity contribution >= 4 is 35.2 Å². The molecular weight excluding hydrogens is 360 g/mol. The molecule has 0 radical (unpaired) electrons. The first-order valence-electron chi connectivity index (χ1n) is 8.53. The number of halogens is 1. The molecule has 5 nitrogen and oxygen atoms in total. The summed E-state index contributed by atoms with van der Waals surface area (Å²) in [5.74, 6) is 1.08. The molecule has 0 bridgehead atoms. The van der Waals surface area contributed by atoms with E-state index in [2.05, 4.69) is 5.32 Å². The first-order valence-corrected chi connectivity index (χ1v) is 9.90. The number of thioether (sulfide) groups is 1. The SMILES string of the molecule is CC(=O)N[C@@H]1C[C@@H]2CN(C(=O)CSc3ccc(Cl)cc3)C[C@@H]2C[C@H]1O. The van der Waals surface area contributed by atoms with Crippen LogP contribution in [0.25, 0.3) is 0 Å². The molecular formula is C18H23ClN2O3S. The molecule has 0 spiro atoms. The van der Waals surface area contributed by atoms with Crippen molar-refractivity contribution in [1.29, 1.82) is 0 Å². The van der Waals surface area contributed by atoms with Crippen LogP contribution in [0.3, 0.4) is 0 Å². The minimum atomic E-state index is -0.524. The lowest BCUT2D eigenvalue weighted by Crippen LogP contribution is -2.48. The summed E-state index contributed by atoms with van der Waals surface area (Å²) in [4.78, 5) is 26.7. The van der Waals surface area contributed by atoms with Gasteiger partial charge in [0, 0.05) is 29.9 Å². The number of hydrogen-bond acceptors (Lipinski definition) is 4. The monoisotopic (exact) mass is 382 g/mol. The zero-order valence-electron chi connectivity index (χ0n) is 14.2. The Kier molecular flexibility index (Phi) is 5.92. The second-order valence-corrected chi connectivity index (χ2v) is 8.39. The molecule has 1 aliphatic carbocycles.